The Balaban J connectivity index is 2.02. The molecule has 1 aromatic rings. The molecule has 1 amide bonds. The van der Waals surface area contributed by atoms with E-state index in [2.05, 4.69) is 31.2 Å². The van der Waals surface area contributed by atoms with Gasteiger partial charge in [0.25, 0.3) is 0 Å². The summed E-state index contributed by atoms with van der Waals surface area (Å²) in [5.41, 5.74) is 2.45. The van der Waals surface area contributed by atoms with E-state index in [-0.39, 0.29) is 5.91 Å². The Morgan fingerprint density at radius 3 is 2.53 bits per heavy atom. The lowest BCUT2D eigenvalue weighted by molar-refractivity contribution is -0.132. The molecule has 17 heavy (non-hydrogen) atoms. The number of carbonyl (C=O) groups is 1. The average molecular weight is 252 g/mol. The van der Waals surface area contributed by atoms with Gasteiger partial charge >= 0.3 is 0 Å². The number of nitrogens with zero attached hydrogens (tertiary/aromatic N) is 1. The van der Waals surface area contributed by atoms with Crippen molar-refractivity contribution in [1.82, 2.24) is 4.90 Å². The van der Waals surface area contributed by atoms with Crippen LogP contribution in [0.2, 0.25) is 0 Å². The van der Waals surface area contributed by atoms with Crippen molar-refractivity contribution in [1.29, 1.82) is 0 Å². The van der Waals surface area contributed by atoms with E-state index in [9.17, 15) is 4.79 Å². The number of rotatable bonds is 5. The van der Waals surface area contributed by atoms with Crippen molar-refractivity contribution in [2.75, 3.05) is 5.88 Å². The highest BCUT2D eigenvalue weighted by Gasteiger charge is 2.31. The zero-order valence-electron chi connectivity index (χ0n) is 10.2. The van der Waals surface area contributed by atoms with Crippen molar-refractivity contribution in [3.05, 3.63) is 35.4 Å². The van der Waals surface area contributed by atoms with Crippen molar-refractivity contribution in [2.45, 2.75) is 38.8 Å². The van der Waals surface area contributed by atoms with Gasteiger partial charge in [0.1, 0.15) is 0 Å². The fraction of sp³-hybridized carbons (Fsp3) is 0.500. The number of aryl methyl sites for hydroxylation is 1. The van der Waals surface area contributed by atoms with Crippen LogP contribution in [-0.4, -0.2) is 22.7 Å². The van der Waals surface area contributed by atoms with E-state index in [4.69, 9.17) is 11.6 Å². The minimum Gasteiger partial charge on any atom is -0.335 e. The van der Waals surface area contributed by atoms with Gasteiger partial charge in [0.15, 0.2) is 0 Å². The fourth-order valence-corrected chi connectivity index (χ4v) is 2.08. The molecule has 2 nitrogen and oxygen atoms in total. The van der Waals surface area contributed by atoms with Crippen molar-refractivity contribution in [3.8, 4) is 0 Å². The van der Waals surface area contributed by atoms with E-state index in [1.807, 2.05) is 4.90 Å². The maximum atomic E-state index is 11.9. The summed E-state index contributed by atoms with van der Waals surface area (Å²) in [5, 5.41) is 0. The lowest BCUT2D eigenvalue weighted by Crippen LogP contribution is -2.32. The second-order valence-corrected chi connectivity index (χ2v) is 5.06. The molecule has 1 aromatic carbocycles. The smallest absolute Gasteiger partial charge is 0.224 e. The maximum absolute atomic E-state index is 11.9. The standard InChI is InChI=1S/C14H18ClNO/c1-11-2-4-12(5-3-11)10-16(13-6-7-13)14(17)8-9-15/h2-5,13H,6-10H2,1H3. The molecule has 1 aliphatic rings. The normalized spacial score (nSPS) is 14.7. The van der Waals surface area contributed by atoms with E-state index < -0.39 is 0 Å². The fourth-order valence-electron chi connectivity index (χ4n) is 1.92. The van der Waals surface area contributed by atoms with Crippen LogP contribution in [0.4, 0.5) is 0 Å². The van der Waals surface area contributed by atoms with E-state index in [1.54, 1.807) is 0 Å². The first kappa shape index (κ1) is 12.4. The molecule has 0 saturated heterocycles. The number of hydrogen-bond acceptors (Lipinski definition) is 1. The van der Waals surface area contributed by atoms with Crippen molar-refractivity contribution in [3.63, 3.8) is 0 Å². The Morgan fingerprint density at radius 2 is 2.00 bits per heavy atom. The van der Waals surface area contributed by atoms with Crippen LogP contribution in [0.25, 0.3) is 0 Å². The molecule has 1 fully saturated rings. The third kappa shape index (κ3) is 3.47. The number of hydrogen-bond donors (Lipinski definition) is 0. The summed E-state index contributed by atoms with van der Waals surface area (Å²) in [7, 11) is 0. The number of alkyl halides is 1. The summed E-state index contributed by atoms with van der Waals surface area (Å²) in [6, 6.07) is 8.82. The quantitative estimate of drug-likeness (QED) is 0.737. The highest BCUT2D eigenvalue weighted by Crippen LogP contribution is 2.29. The van der Waals surface area contributed by atoms with E-state index >= 15 is 0 Å². The lowest BCUT2D eigenvalue weighted by atomic mass is 10.1. The zero-order valence-corrected chi connectivity index (χ0v) is 10.9. The predicted molar refractivity (Wildman–Crippen MR) is 70.1 cm³/mol. The van der Waals surface area contributed by atoms with Crippen molar-refractivity contribution >= 4 is 17.5 Å². The highest BCUT2D eigenvalue weighted by molar-refractivity contribution is 6.18. The van der Waals surface area contributed by atoms with E-state index in [0.717, 1.165) is 19.4 Å². The van der Waals surface area contributed by atoms with Crippen LogP contribution < -0.4 is 0 Å². The highest BCUT2D eigenvalue weighted by atomic mass is 35.5. The van der Waals surface area contributed by atoms with Gasteiger partial charge in [-0.3, -0.25) is 4.79 Å². The summed E-state index contributed by atoms with van der Waals surface area (Å²) in [5.74, 6) is 0.596. The number of halogens is 1. The lowest BCUT2D eigenvalue weighted by Gasteiger charge is -2.22. The molecule has 0 aromatic heterocycles. The molecule has 0 aliphatic heterocycles. The van der Waals surface area contributed by atoms with Crippen molar-refractivity contribution < 1.29 is 4.79 Å². The van der Waals surface area contributed by atoms with Gasteiger partial charge in [0.05, 0.1) is 0 Å². The summed E-state index contributed by atoms with van der Waals surface area (Å²) >= 11 is 5.64. The zero-order chi connectivity index (χ0) is 12.3. The molecule has 0 N–H and O–H groups in total. The summed E-state index contributed by atoms with van der Waals surface area (Å²) < 4.78 is 0. The molecule has 1 aliphatic carbocycles. The maximum Gasteiger partial charge on any atom is 0.224 e. The van der Waals surface area contributed by atoms with Gasteiger partial charge in [-0.2, -0.15) is 0 Å². The molecular weight excluding hydrogens is 234 g/mol. The molecule has 2 rings (SSSR count). The number of benzene rings is 1. The third-order valence-corrected chi connectivity index (χ3v) is 3.28. The third-order valence-electron chi connectivity index (χ3n) is 3.09. The molecule has 0 unspecified atom stereocenters. The Labute approximate surface area is 108 Å². The minimum atomic E-state index is 0.183. The average Bonchev–Trinajstić information content (AvgIpc) is 3.12. The Hall–Kier alpha value is -1.02. The van der Waals surface area contributed by atoms with Gasteiger partial charge in [-0.1, -0.05) is 29.8 Å². The molecular formula is C14H18ClNO. The number of carbonyl (C=O) groups excluding carboxylic acids is 1. The Bertz CT molecular complexity index is 384. The summed E-state index contributed by atoms with van der Waals surface area (Å²) in [6.45, 7) is 2.79. The molecule has 0 radical (unpaired) electrons. The first-order valence-electron chi connectivity index (χ1n) is 6.11. The van der Waals surface area contributed by atoms with Crippen LogP contribution in [0, 0.1) is 6.92 Å². The Morgan fingerprint density at radius 1 is 1.35 bits per heavy atom. The molecule has 3 heteroatoms. The van der Waals surface area contributed by atoms with Crippen LogP contribution >= 0.6 is 11.6 Å². The monoisotopic (exact) mass is 251 g/mol. The first-order valence-corrected chi connectivity index (χ1v) is 6.65. The second kappa shape index (κ2) is 5.54. The van der Waals surface area contributed by atoms with E-state index in [1.165, 1.54) is 11.1 Å². The van der Waals surface area contributed by atoms with Gasteiger partial charge in [-0.25, -0.2) is 0 Å². The van der Waals surface area contributed by atoms with Crippen LogP contribution in [-0.2, 0) is 11.3 Å². The van der Waals surface area contributed by atoms with Crippen LogP contribution in [0.3, 0.4) is 0 Å². The second-order valence-electron chi connectivity index (χ2n) is 4.68. The van der Waals surface area contributed by atoms with E-state index in [0.29, 0.717) is 18.3 Å². The van der Waals surface area contributed by atoms with Gasteiger partial charge in [0.2, 0.25) is 5.91 Å². The number of amides is 1. The van der Waals surface area contributed by atoms with Gasteiger partial charge in [-0.15, -0.1) is 11.6 Å². The largest absolute Gasteiger partial charge is 0.335 e. The predicted octanol–water partition coefficient (Wildman–Crippen LogP) is 3.11. The van der Waals surface area contributed by atoms with Gasteiger partial charge in [0, 0.05) is 24.9 Å². The molecule has 0 atom stereocenters. The Kier molecular flexibility index (Phi) is 4.06. The SMILES string of the molecule is Cc1ccc(CN(C(=O)CCCl)C2CC2)cc1. The van der Waals surface area contributed by atoms with Gasteiger partial charge < -0.3 is 4.90 Å². The summed E-state index contributed by atoms with van der Waals surface area (Å²) in [4.78, 5) is 13.9. The summed E-state index contributed by atoms with van der Waals surface area (Å²) in [6.07, 6.45) is 2.73. The minimum absolute atomic E-state index is 0.183. The molecule has 0 bridgehead atoms. The first-order chi connectivity index (χ1) is 8.20. The molecule has 1 saturated carbocycles. The molecule has 92 valence electrons. The topological polar surface area (TPSA) is 20.3 Å². The van der Waals surface area contributed by atoms with Crippen LogP contribution in [0.1, 0.15) is 30.4 Å². The van der Waals surface area contributed by atoms with Crippen LogP contribution in [0.15, 0.2) is 24.3 Å². The van der Waals surface area contributed by atoms with Gasteiger partial charge in [-0.05, 0) is 25.3 Å². The molecule has 0 heterocycles. The molecule has 0 spiro atoms. The van der Waals surface area contributed by atoms with Crippen LogP contribution in [0.5, 0.6) is 0 Å². The van der Waals surface area contributed by atoms with Crippen molar-refractivity contribution in [2.24, 2.45) is 0 Å².